The lowest BCUT2D eigenvalue weighted by molar-refractivity contribution is 0.132. The molecule has 2 aromatic rings. The van der Waals surface area contributed by atoms with E-state index >= 15 is 0 Å². The Hall–Kier alpha value is -1.92. The normalized spacial score (nSPS) is 11.8. The van der Waals surface area contributed by atoms with Crippen molar-refractivity contribution in [2.24, 2.45) is 0 Å². The topological polar surface area (TPSA) is 91.4 Å². The molecule has 0 unspecified atom stereocenters. The van der Waals surface area contributed by atoms with E-state index in [1.807, 2.05) is 0 Å². The summed E-state index contributed by atoms with van der Waals surface area (Å²) in [5.41, 5.74) is 5.60. The van der Waals surface area contributed by atoms with Crippen molar-refractivity contribution < 1.29 is 14.6 Å². The summed E-state index contributed by atoms with van der Waals surface area (Å²) in [4.78, 5) is 4.14. The highest BCUT2D eigenvalue weighted by Gasteiger charge is 2.28. The van der Waals surface area contributed by atoms with Gasteiger partial charge >= 0.3 is 0 Å². The molecule has 0 amide bonds. The van der Waals surface area contributed by atoms with E-state index in [2.05, 4.69) is 10.3 Å². The second-order valence-electron chi connectivity index (χ2n) is 4.80. The van der Waals surface area contributed by atoms with Crippen LogP contribution in [0.4, 0.5) is 15.8 Å². The summed E-state index contributed by atoms with van der Waals surface area (Å²) in [7, 11) is 0. The van der Waals surface area contributed by atoms with Gasteiger partial charge in [-0.25, -0.2) is 4.39 Å². The number of anilines is 2. The summed E-state index contributed by atoms with van der Waals surface area (Å²) < 4.78 is 14.2. The van der Waals surface area contributed by atoms with Crippen LogP contribution in [-0.4, -0.2) is 33.9 Å². The SMILES string of the molecule is CCC(CO)(CO)Nc1c(F)cc(N)c2cccnc12. The van der Waals surface area contributed by atoms with Gasteiger partial charge in [-0.15, -0.1) is 0 Å². The molecule has 20 heavy (non-hydrogen) atoms. The Morgan fingerprint density at radius 2 is 2.10 bits per heavy atom. The van der Waals surface area contributed by atoms with Gasteiger partial charge in [-0.3, -0.25) is 4.98 Å². The first-order valence-electron chi connectivity index (χ1n) is 6.39. The smallest absolute Gasteiger partial charge is 0.150 e. The van der Waals surface area contributed by atoms with E-state index in [0.29, 0.717) is 23.0 Å². The van der Waals surface area contributed by atoms with E-state index in [1.165, 1.54) is 12.3 Å². The fourth-order valence-electron chi connectivity index (χ4n) is 2.06. The number of rotatable bonds is 5. The van der Waals surface area contributed by atoms with Crippen LogP contribution in [-0.2, 0) is 0 Å². The predicted octanol–water partition coefficient (Wildman–Crippen LogP) is 1.50. The van der Waals surface area contributed by atoms with Crippen molar-refractivity contribution in [2.45, 2.75) is 18.9 Å². The highest BCUT2D eigenvalue weighted by atomic mass is 19.1. The van der Waals surface area contributed by atoms with E-state index in [4.69, 9.17) is 5.73 Å². The number of nitrogens with one attached hydrogen (secondary N) is 1. The van der Waals surface area contributed by atoms with Crippen molar-refractivity contribution in [1.82, 2.24) is 4.98 Å². The zero-order chi connectivity index (χ0) is 14.8. The number of fused-ring (bicyclic) bond motifs is 1. The van der Waals surface area contributed by atoms with Crippen LogP contribution < -0.4 is 11.1 Å². The van der Waals surface area contributed by atoms with Gasteiger partial charge in [-0.05, 0) is 24.6 Å². The molecule has 6 heteroatoms. The Bertz CT molecular complexity index is 606. The molecule has 1 aromatic carbocycles. The van der Waals surface area contributed by atoms with Gasteiger partial charge in [0.15, 0.2) is 5.82 Å². The molecule has 1 heterocycles. The van der Waals surface area contributed by atoms with Gasteiger partial charge in [0.05, 0.1) is 30.0 Å². The highest BCUT2D eigenvalue weighted by molar-refractivity contribution is 5.98. The van der Waals surface area contributed by atoms with Gasteiger partial charge < -0.3 is 21.3 Å². The van der Waals surface area contributed by atoms with Gasteiger partial charge in [-0.1, -0.05) is 6.92 Å². The molecular weight excluding hydrogens is 261 g/mol. The average Bonchev–Trinajstić information content (AvgIpc) is 2.48. The number of nitrogens with zero attached hydrogens (tertiary/aromatic N) is 1. The zero-order valence-corrected chi connectivity index (χ0v) is 11.2. The standard InChI is InChI=1S/C14H18FN3O2/c1-2-14(7-19,8-20)18-13-10(15)6-11(16)9-4-3-5-17-12(9)13/h3-6,18-20H,2,7-8,16H2,1H3. The summed E-state index contributed by atoms with van der Waals surface area (Å²) in [6, 6.07) is 4.67. The van der Waals surface area contributed by atoms with Crippen LogP contribution in [0, 0.1) is 5.82 Å². The predicted molar refractivity (Wildman–Crippen MR) is 76.9 cm³/mol. The van der Waals surface area contributed by atoms with Crippen LogP contribution in [0.15, 0.2) is 24.4 Å². The Balaban J connectivity index is 2.59. The molecule has 0 bridgehead atoms. The van der Waals surface area contributed by atoms with Crippen molar-refractivity contribution in [3.05, 3.63) is 30.2 Å². The molecule has 1 aromatic heterocycles. The maximum Gasteiger partial charge on any atom is 0.150 e. The molecule has 0 aliphatic rings. The third-order valence-electron chi connectivity index (χ3n) is 3.55. The van der Waals surface area contributed by atoms with Gasteiger partial charge in [0.1, 0.15) is 0 Å². The monoisotopic (exact) mass is 279 g/mol. The van der Waals surface area contributed by atoms with E-state index in [9.17, 15) is 14.6 Å². The van der Waals surface area contributed by atoms with Gasteiger partial charge in [0.25, 0.3) is 0 Å². The molecule has 0 saturated carbocycles. The molecule has 0 radical (unpaired) electrons. The molecule has 5 nitrogen and oxygen atoms in total. The Labute approximate surface area is 116 Å². The molecule has 2 rings (SSSR count). The number of aromatic nitrogens is 1. The van der Waals surface area contributed by atoms with E-state index < -0.39 is 11.4 Å². The van der Waals surface area contributed by atoms with Crippen molar-refractivity contribution in [2.75, 3.05) is 24.3 Å². The number of hydrogen-bond donors (Lipinski definition) is 4. The first kappa shape index (κ1) is 14.5. The van der Waals surface area contributed by atoms with Crippen LogP contribution in [0.3, 0.4) is 0 Å². The summed E-state index contributed by atoms with van der Waals surface area (Å²) >= 11 is 0. The molecule has 108 valence electrons. The van der Waals surface area contributed by atoms with E-state index in [0.717, 1.165) is 0 Å². The first-order chi connectivity index (χ1) is 9.56. The number of hydrogen-bond acceptors (Lipinski definition) is 5. The number of nitrogen functional groups attached to an aromatic ring is 1. The molecule has 0 saturated heterocycles. The Morgan fingerprint density at radius 1 is 1.40 bits per heavy atom. The average molecular weight is 279 g/mol. The molecular formula is C14H18FN3O2. The summed E-state index contributed by atoms with van der Waals surface area (Å²) in [6.07, 6.45) is 1.97. The number of nitrogens with two attached hydrogens (primary N) is 1. The van der Waals surface area contributed by atoms with Gasteiger partial charge in [-0.2, -0.15) is 0 Å². The molecule has 5 N–H and O–H groups in total. The fraction of sp³-hybridized carbons (Fsp3) is 0.357. The van der Waals surface area contributed by atoms with Crippen molar-refractivity contribution in [3.63, 3.8) is 0 Å². The minimum absolute atomic E-state index is 0.139. The second kappa shape index (κ2) is 5.60. The number of pyridine rings is 1. The van der Waals surface area contributed by atoms with Crippen LogP contribution >= 0.6 is 0 Å². The summed E-state index contributed by atoms with van der Waals surface area (Å²) in [5.74, 6) is -0.562. The summed E-state index contributed by atoms with van der Waals surface area (Å²) in [5, 5.41) is 22.4. The quantitative estimate of drug-likeness (QED) is 0.623. The maximum absolute atomic E-state index is 14.2. The molecule has 0 aliphatic carbocycles. The summed E-state index contributed by atoms with van der Waals surface area (Å²) in [6.45, 7) is 1.15. The van der Waals surface area contributed by atoms with Gasteiger partial charge in [0.2, 0.25) is 0 Å². The molecule has 0 spiro atoms. The third kappa shape index (κ3) is 2.39. The molecule has 0 atom stereocenters. The lowest BCUT2D eigenvalue weighted by Crippen LogP contribution is -2.45. The Morgan fingerprint density at radius 3 is 2.70 bits per heavy atom. The van der Waals surface area contributed by atoms with Crippen LogP contribution in [0.1, 0.15) is 13.3 Å². The Kier molecular flexibility index (Phi) is 4.06. The minimum Gasteiger partial charge on any atom is -0.398 e. The number of benzene rings is 1. The van der Waals surface area contributed by atoms with Crippen molar-refractivity contribution in [1.29, 1.82) is 0 Å². The lowest BCUT2D eigenvalue weighted by atomic mass is 9.97. The fourth-order valence-corrected chi connectivity index (χ4v) is 2.06. The number of aliphatic hydroxyl groups is 2. The van der Waals surface area contributed by atoms with E-state index in [1.54, 1.807) is 19.1 Å². The zero-order valence-electron chi connectivity index (χ0n) is 11.2. The third-order valence-corrected chi connectivity index (χ3v) is 3.55. The number of halogens is 1. The maximum atomic E-state index is 14.2. The second-order valence-corrected chi connectivity index (χ2v) is 4.80. The first-order valence-corrected chi connectivity index (χ1v) is 6.39. The van der Waals surface area contributed by atoms with E-state index in [-0.39, 0.29) is 18.9 Å². The minimum atomic E-state index is -0.999. The van der Waals surface area contributed by atoms with Crippen molar-refractivity contribution >= 4 is 22.3 Å². The van der Waals surface area contributed by atoms with Crippen molar-refractivity contribution in [3.8, 4) is 0 Å². The van der Waals surface area contributed by atoms with Crippen LogP contribution in [0.5, 0.6) is 0 Å². The largest absolute Gasteiger partial charge is 0.398 e. The lowest BCUT2D eigenvalue weighted by Gasteiger charge is -2.31. The molecule has 0 aliphatic heterocycles. The molecule has 0 fully saturated rings. The van der Waals surface area contributed by atoms with Crippen LogP contribution in [0.25, 0.3) is 10.9 Å². The van der Waals surface area contributed by atoms with Gasteiger partial charge in [0, 0.05) is 17.3 Å². The number of aliphatic hydroxyl groups excluding tert-OH is 2. The highest BCUT2D eigenvalue weighted by Crippen LogP contribution is 2.32. The van der Waals surface area contributed by atoms with Crippen LogP contribution in [0.2, 0.25) is 0 Å².